The molecule has 1 unspecified atom stereocenters. The first kappa shape index (κ1) is 8.50. The summed E-state index contributed by atoms with van der Waals surface area (Å²) in [5, 5.41) is 0. The van der Waals surface area contributed by atoms with Gasteiger partial charge in [-0.1, -0.05) is 24.3 Å². The van der Waals surface area contributed by atoms with Crippen molar-refractivity contribution < 1.29 is 9.47 Å². The molecule has 0 fully saturated rings. The normalized spacial score (nSPS) is 22.5. The average Bonchev–Trinajstić information content (AvgIpc) is 2.07. The Morgan fingerprint density at radius 1 is 1.45 bits per heavy atom. The largest absolute Gasteiger partial charge is 0.359 e. The van der Waals surface area contributed by atoms with Gasteiger partial charge in [-0.3, -0.25) is 0 Å². The highest BCUT2D eigenvalue weighted by Gasteiger charge is 2.03. The maximum Gasteiger partial charge on any atom is 0.146 e. The van der Waals surface area contributed by atoms with Gasteiger partial charge in [-0.25, -0.2) is 0 Å². The molecule has 0 heterocycles. The Labute approximate surface area is 67.5 Å². The SMILES string of the molecule is COCOCC1C=CC=CC1. The van der Waals surface area contributed by atoms with Crippen LogP contribution in [0.3, 0.4) is 0 Å². The monoisotopic (exact) mass is 154 g/mol. The molecule has 1 aliphatic carbocycles. The van der Waals surface area contributed by atoms with E-state index in [9.17, 15) is 0 Å². The number of allylic oxidation sites excluding steroid dienone is 3. The topological polar surface area (TPSA) is 18.5 Å². The Morgan fingerprint density at radius 3 is 3.00 bits per heavy atom. The summed E-state index contributed by atoms with van der Waals surface area (Å²) in [5.41, 5.74) is 0. The van der Waals surface area contributed by atoms with Crippen molar-refractivity contribution in [1.29, 1.82) is 0 Å². The van der Waals surface area contributed by atoms with Crippen LogP contribution in [0, 0.1) is 5.92 Å². The summed E-state index contributed by atoms with van der Waals surface area (Å²) < 4.78 is 9.98. The summed E-state index contributed by atoms with van der Waals surface area (Å²) in [6.07, 6.45) is 9.52. The molecule has 0 aliphatic heterocycles. The summed E-state index contributed by atoms with van der Waals surface area (Å²) in [4.78, 5) is 0. The lowest BCUT2D eigenvalue weighted by atomic mass is 10.0. The fourth-order valence-corrected chi connectivity index (χ4v) is 1.04. The van der Waals surface area contributed by atoms with E-state index in [1.807, 2.05) is 0 Å². The number of hydrogen-bond acceptors (Lipinski definition) is 2. The smallest absolute Gasteiger partial charge is 0.146 e. The van der Waals surface area contributed by atoms with Crippen LogP contribution in [0.2, 0.25) is 0 Å². The predicted octanol–water partition coefficient (Wildman–Crippen LogP) is 1.74. The van der Waals surface area contributed by atoms with Gasteiger partial charge in [0.05, 0.1) is 6.61 Å². The summed E-state index contributed by atoms with van der Waals surface area (Å²) in [7, 11) is 1.64. The molecule has 0 spiro atoms. The third-order valence-electron chi connectivity index (χ3n) is 1.60. The van der Waals surface area contributed by atoms with Crippen LogP contribution >= 0.6 is 0 Å². The molecule has 0 N–H and O–H groups in total. The molecule has 1 aliphatic rings. The molecule has 0 bridgehead atoms. The first-order chi connectivity index (χ1) is 5.43. The van der Waals surface area contributed by atoms with Crippen LogP contribution in [0.1, 0.15) is 6.42 Å². The maximum absolute atomic E-state index is 5.21. The molecule has 2 heteroatoms. The van der Waals surface area contributed by atoms with Gasteiger partial charge in [-0.05, 0) is 6.42 Å². The number of rotatable bonds is 4. The van der Waals surface area contributed by atoms with Crippen molar-refractivity contribution in [2.45, 2.75) is 6.42 Å². The molecule has 0 aromatic rings. The Morgan fingerprint density at radius 2 is 2.36 bits per heavy atom. The number of methoxy groups -OCH3 is 1. The highest BCUT2D eigenvalue weighted by molar-refractivity contribution is 5.10. The molecule has 0 radical (unpaired) electrons. The van der Waals surface area contributed by atoms with Gasteiger partial charge in [0.15, 0.2) is 0 Å². The van der Waals surface area contributed by atoms with Gasteiger partial charge >= 0.3 is 0 Å². The lowest BCUT2D eigenvalue weighted by molar-refractivity contribution is -0.0384. The number of ether oxygens (including phenoxy) is 2. The minimum Gasteiger partial charge on any atom is -0.359 e. The Hall–Kier alpha value is -0.600. The second-order valence-corrected chi connectivity index (χ2v) is 2.59. The van der Waals surface area contributed by atoms with E-state index < -0.39 is 0 Å². The van der Waals surface area contributed by atoms with Crippen molar-refractivity contribution in [3.05, 3.63) is 24.3 Å². The van der Waals surface area contributed by atoms with Crippen LogP contribution in [0.4, 0.5) is 0 Å². The van der Waals surface area contributed by atoms with E-state index in [2.05, 4.69) is 24.3 Å². The molecular formula is C9H14O2. The van der Waals surface area contributed by atoms with Gasteiger partial charge in [-0.15, -0.1) is 0 Å². The minimum atomic E-state index is 0.397. The Kier molecular flexibility index (Phi) is 3.94. The standard InChI is InChI=1S/C9H14O2/c1-10-8-11-7-9-5-3-2-4-6-9/h2-5,9H,6-8H2,1H3. The highest BCUT2D eigenvalue weighted by atomic mass is 16.7. The molecule has 0 aromatic carbocycles. The van der Waals surface area contributed by atoms with Gasteiger partial charge in [0.1, 0.15) is 6.79 Å². The van der Waals surface area contributed by atoms with E-state index in [4.69, 9.17) is 9.47 Å². The average molecular weight is 154 g/mol. The lowest BCUT2D eigenvalue weighted by Gasteiger charge is -2.12. The number of hydrogen-bond donors (Lipinski definition) is 0. The Balaban J connectivity index is 2.07. The fraction of sp³-hybridized carbons (Fsp3) is 0.556. The second-order valence-electron chi connectivity index (χ2n) is 2.59. The molecule has 0 saturated carbocycles. The first-order valence-electron chi connectivity index (χ1n) is 3.83. The third-order valence-corrected chi connectivity index (χ3v) is 1.60. The van der Waals surface area contributed by atoms with E-state index in [1.165, 1.54) is 0 Å². The van der Waals surface area contributed by atoms with Gasteiger partial charge in [0.2, 0.25) is 0 Å². The van der Waals surface area contributed by atoms with Crippen LogP contribution in [0.15, 0.2) is 24.3 Å². The summed E-state index contributed by atoms with van der Waals surface area (Å²) in [5.74, 6) is 0.537. The fourth-order valence-electron chi connectivity index (χ4n) is 1.04. The zero-order valence-electron chi connectivity index (χ0n) is 6.82. The maximum atomic E-state index is 5.21. The van der Waals surface area contributed by atoms with Crippen LogP contribution in [0.25, 0.3) is 0 Å². The molecule has 11 heavy (non-hydrogen) atoms. The van der Waals surface area contributed by atoms with Crippen LogP contribution in [0.5, 0.6) is 0 Å². The van der Waals surface area contributed by atoms with Crippen molar-refractivity contribution in [2.24, 2.45) is 5.92 Å². The van der Waals surface area contributed by atoms with Crippen LogP contribution in [-0.2, 0) is 9.47 Å². The second kappa shape index (κ2) is 5.10. The van der Waals surface area contributed by atoms with Crippen LogP contribution < -0.4 is 0 Å². The van der Waals surface area contributed by atoms with Crippen molar-refractivity contribution in [2.75, 3.05) is 20.5 Å². The quantitative estimate of drug-likeness (QED) is 0.453. The zero-order valence-corrected chi connectivity index (χ0v) is 6.82. The first-order valence-corrected chi connectivity index (χ1v) is 3.83. The van der Waals surface area contributed by atoms with Gasteiger partial charge in [-0.2, -0.15) is 0 Å². The lowest BCUT2D eigenvalue weighted by Crippen LogP contribution is -2.09. The molecule has 2 nitrogen and oxygen atoms in total. The summed E-state index contributed by atoms with van der Waals surface area (Å²) >= 11 is 0. The molecule has 62 valence electrons. The van der Waals surface area contributed by atoms with Crippen molar-refractivity contribution in [3.8, 4) is 0 Å². The predicted molar refractivity (Wildman–Crippen MR) is 44.2 cm³/mol. The van der Waals surface area contributed by atoms with E-state index in [0.717, 1.165) is 13.0 Å². The molecular weight excluding hydrogens is 140 g/mol. The molecule has 1 rings (SSSR count). The van der Waals surface area contributed by atoms with Gasteiger partial charge in [0, 0.05) is 13.0 Å². The van der Waals surface area contributed by atoms with E-state index in [-0.39, 0.29) is 0 Å². The summed E-state index contributed by atoms with van der Waals surface area (Å²) in [6.45, 7) is 1.16. The molecule has 0 amide bonds. The van der Waals surface area contributed by atoms with Crippen LogP contribution in [-0.4, -0.2) is 20.5 Å². The van der Waals surface area contributed by atoms with E-state index in [1.54, 1.807) is 7.11 Å². The van der Waals surface area contributed by atoms with Crippen molar-refractivity contribution >= 4 is 0 Å². The minimum absolute atomic E-state index is 0.397. The molecule has 0 aromatic heterocycles. The third kappa shape index (κ3) is 3.35. The van der Waals surface area contributed by atoms with Crippen molar-refractivity contribution in [1.82, 2.24) is 0 Å². The Bertz CT molecular complexity index is 150. The van der Waals surface area contributed by atoms with Gasteiger partial charge in [0.25, 0.3) is 0 Å². The van der Waals surface area contributed by atoms with Crippen molar-refractivity contribution in [3.63, 3.8) is 0 Å². The summed E-state index contributed by atoms with van der Waals surface area (Å²) in [6, 6.07) is 0. The van der Waals surface area contributed by atoms with Gasteiger partial charge < -0.3 is 9.47 Å². The van der Waals surface area contributed by atoms with E-state index >= 15 is 0 Å². The highest BCUT2D eigenvalue weighted by Crippen LogP contribution is 2.11. The zero-order chi connectivity index (χ0) is 7.94. The molecule has 0 saturated heterocycles. The molecule has 1 atom stereocenters. The van der Waals surface area contributed by atoms with E-state index in [0.29, 0.717) is 12.7 Å².